The summed E-state index contributed by atoms with van der Waals surface area (Å²) < 4.78 is 13.0. The zero-order chi connectivity index (χ0) is 29.7. The quantitative estimate of drug-likeness (QED) is 0.146. The number of benzene rings is 4. The number of aliphatic hydroxyl groups is 3. The van der Waals surface area contributed by atoms with Gasteiger partial charge in [-0.2, -0.15) is 0 Å². The van der Waals surface area contributed by atoms with Gasteiger partial charge in [-0.15, -0.1) is 0 Å². The Hall–Kier alpha value is -4.68. The molecule has 4 aromatic rings. The van der Waals surface area contributed by atoms with Crippen molar-refractivity contribution in [3.05, 3.63) is 145 Å². The fraction of sp³-hybridized carbons (Fsp3) is 0.135. The Morgan fingerprint density at radius 3 is 2.05 bits per heavy atom. The third kappa shape index (κ3) is 6.29. The summed E-state index contributed by atoms with van der Waals surface area (Å²) in [5.74, 6) is 2.15. The molecule has 0 radical (unpaired) electrons. The summed E-state index contributed by atoms with van der Waals surface area (Å²) in [5, 5.41) is 34.1. The molecular weight excluding hydrogens is 524 g/mol. The zero-order valence-corrected chi connectivity index (χ0v) is 23.7. The average molecular weight is 559 g/mol. The van der Waals surface area contributed by atoms with Crippen LogP contribution in [0.1, 0.15) is 13.8 Å². The van der Waals surface area contributed by atoms with E-state index in [0.29, 0.717) is 28.6 Å². The molecular formula is C37H34O5. The SMILES string of the molecule is C=C/C(=C\C=C(/C)CO)Oc1ccc2ccccc2c1-c1c(OC2=CC(C)(O)C=C(CO)C=C2)ccc2ccccc12. The summed E-state index contributed by atoms with van der Waals surface area (Å²) in [6.45, 7) is 7.17. The van der Waals surface area contributed by atoms with E-state index in [1.807, 2.05) is 55.5 Å². The molecule has 42 heavy (non-hydrogen) atoms. The van der Waals surface area contributed by atoms with Gasteiger partial charge in [-0.1, -0.05) is 79.4 Å². The smallest absolute Gasteiger partial charge is 0.136 e. The van der Waals surface area contributed by atoms with Gasteiger partial charge in [-0.3, -0.25) is 0 Å². The number of fused-ring (bicyclic) bond motifs is 2. The van der Waals surface area contributed by atoms with E-state index in [9.17, 15) is 15.3 Å². The Morgan fingerprint density at radius 2 is 1.43 bits per heavy atom. The molecule has 1 unspecified atom stereocenters. The molecule has 0 fully saturated rings. The van der Waals surface area contributed by atoms with E-state index >= 15 is 0 Å². The van der Waals surface area contributed by atoms with Crippen molar-refractivity contribution in [2.24, 2.45) is 0 Å². The molecule has 1 atom stereocenters. The summed E-state index contributed by atoms with van der Waals surface area (Å²) in [7, 11) is 0. The van der Waals surface area contributed by atoms with Crippen LogP contribution >= 0.6 is 0 Å². The second kappa shape index (κ2) is 12.5. The van der Waals surface area contributed by atoms with E-state index in [-0.39, 0.29) is 13.2 Å². The van der Waals surface area contributed by atoms with Gasteiger partial charge >= 0.3 is 0 Å². The van der Waals surface area contributed by atoms with Crippen LogP contribution in [0.5, 0.6) is 11.5 Å². The number of aliphatic hydroxyl groups excluding tert-OH is 2. The molecule has 0 saturated carbocycles. The predicted molar refractivity (Wildman–Crippen MR) is 170 cm³/mol. The van der Waals surface area contributed by atoms with Crippen molar-refractivity contribution in [2.45, 2.75) is 19.4 Å². The highest BCUT2D eigenvalue weighted by Crippen LogP contribution is 2.46. The topological polar surface area (TPSA) is 79.2 Å². The van der Waals surface area contributed by atoms with Crippen molar-refractivity contribution in [2.75, 3.05) is 13.2 Å². The highest BCUT2D eigenvalue weighted by molar-refractivity contribution is 6.09. The largest absolute Gasteiger partial charge is 0.457 e. The van der Waals surface area contributed by atoms with E-state index in [0.717, 1.165) is 38.2 Å². The Kier molecular flexibility index (Phi) is 8.55. The third-order valence-corrected chi connectivity index (χ3v) is 7.03. The van der Waals surface area contributed by atoms with Crippen molar-refractivity contribution >= 4 is 21.5 Å². The maximum Gasteiger partial charge on any atom is 0.136 e. The fourth-order valence-electron chi connectivity index (χ4n) is 5.02. The van der Waals surface area contributed by atoms with Gasteiger partial charge in [-0.25, -0.2) is 0 Å². The molecule has 0 amide bonds. The van der Waals surface area contributed by atoms with Crippen LogP contribution in [-0.2, 0) is 0 Å². The summed E-state index contributed by atoms with van der Waals surface area (Å²) in [4.78, 5) is 0. The second-order valence-electron chi connectivity index (χ2n) is 10.5. The molecule has 0 aliphatic heterocycles. The molecule has 0 spiro atoms. The van der Waals surface area contributed by atoms with Gasteiger partial charge < -0.3 is 24.8 Å². The summed E-state index contributed by atoms with van der Waals surface area (Å²) in [6, 6.07) is 24.1. The fourth-order valence-corrected chi connectivity index (χ4v) is 5.02. The third-order valence-electron chi connectivity index (χ3n) is 7.03. The number of allylic oxidation sites excluding steroid dienone is 4. The monoisotopic (exact) mass is 558 g/mol. The number of ether oxygens (including phenoxy) is 2. The van der Waals surface area contributed by atoms with Gasteiger partial charge in [0, 0.05) is 11.1 Å². The molecule has 4 aromatic carbocycles. The normalized spacial score (nSPS) is 17.5. The van der Waals surface area contributed by atoms with Crippen LogP contribution in [0.3, 0.4) is 0 Å². The van der Waals surface area contributed by atoms with Crippen LogP contribution in [0.4, 0.5) is 0 Å². The highest BCUT2D eigenvalue weighted by Gasteiger charge is 2.23. The van der Waals surface area contributed by atoms with Crippen molar-refractivity contribution in [3.63, 3.8) is 0 Å². The zero-order valence-electron chi connectivity index (χ0n) is 23.7. The molecule has 5 nitrogen and oxygen atoms in total. The minimum Gasteiger partial charge on any atom is -0.457 e. The first-order valence-electron chi connectivity index (χ1n) is 13.8. The molecule has 0 saturated heterocycles. The van der Waals surface area contributed by atoms with Crippen molar-refractivity contribution in [3.8, 4) is 22.6 Å². The maximum absolute atomic E-state index is 10.9. The first kappa shape index (κ1) is 28.8. The molecule has 1 aliphatic carbocycles. The van der Waals surface area contributed by atoms with E-state index in [1.165, 1.54) is 0 Å². The number of hydrogen-bond acceptors (Lipinski definition) is 5. The summed E-state index contributed by atoms with van der Waals surface area (Å²) in [6.07, 6.45) is 11.9. The molecule has 0 bridgehead atoms. The van der Waals surface area contributed by atoms with Gasteiger partial charge in [0.2, 0.25) is 0 Å². The molecule has 3 N–H and O–H groups in total. The Balaban J connectivity index is 1.75. The Bertz CT molecular complexity index is 1800. The summed E-state index contributed by atoms with van der Waals surface area (Å²) >= 11 is 0. The van der Waals surface area contributed by atoms with Crippen LogP contribution in [0.15, 0.2) is 145 Å². The lowest BCUT2D eigenvalue weighted by Crippen LogP contribution is -2.19. The minimum atomic E-state index is -1.31. The van der Waals surface area contributed by atoms with Crippen LogP contribution in [-0.4, -0.2) is 34.1 Å². The molecule has 212 valence electrons. The number of hydrogen-bond donors (Lipinski definition) is 3. The highest BCUT2D eigenvalue weighted by atomic mass is 16.5. The first-order valence-corrected chi connectivity index (χ1v) is 13.8. The standard InChI is InChI=1S/C37H34O5/c1-4-29(17-13-25(2)23-38)41-33-19-15-27-9-5-7-11-31(27)35(33)36-32-12-8-6-10-28(32)16-20-34(36)42-30-18-14-26(24-39)21-37(3,40)22-30/h4-22,38-40H,1,23-24H2,2-3H3/b25-13+,29-17+. The lowest BCUT2D eigenvalue weighted by atomic mass is 9.92. The van der Waals surface area contributed by atoms with Gasteiger partial charge in [0.15, 0.2) is 0 Å². The van der Waals surface area contributed by atoms with E-state index in [2.05, 4.69) is 30.8 Å². The molecule has 0 aromatic heterocycles. The van der Waals surface area contributed by atoms with Gasteiger partial charge in [0.1, 0.15) is 28.6 Å². The average Bonchev–Trinajstić information content (AvgIpc) is 3.15. The molecule has 5 rings (SSSR count). The van der Waals surface area contributed by atoms with E-state index in [1.54, 1.807) is 49.5 Å². The van der Waals surface area contributed by atoms with Gasteiger partial charge in [-0.05, 0) is 89.1 Å². The van der Waals surface area contributed by atoms with Crippen LogP contribution in [0.2, 0.25) is 0 Å². The first-order chi connectivity index (χ1) is 20.3. The number of rotatable bonds is 9. The lowest BCUT2D eigenvalue weighted by molar-refractivity contribution is 0.159. The van der Waals surface area contributed by atoms with E-state index < -0.39 is 5.60 Å². The molecule has 1 aliphatic rings. The maximum atomic E-state index is 10.9. The Labute approximate surface area is 246 Å². The van der Waals surface area contributed by atoms with Crippen LogP contribution in [0, 0.1) is 0 Å². The second-order valence-corrected chi connectivity index (χ2v) is 10.5. The predicted octanol–water partition coefficient (Wildman–Crippen LogP) is 7.55. The summed E-state index contributed by atoms with van der Waals surface area (Å²) in [5.41, 5.74) is 1.74. The lowest BCUT2D eigenvalue weighted by Gasteiger charge is -2.21. The minimum absolute atomic E-state index is 0.0502. The van der Waals surface area contributed by atoms with Gasteiger partial charge in [0.05, 0.1) is 13.2 Å². The van der Waals surface area contributed by atoms with Crippen molar-refractivity contribution < 1.29 is 24.8 Å². The molecule has 5 heteroatoms. The molecule has 0 heterocycles. The van der Waals surface area contributed by atoms with Crippen LogP contribution < -0.4 is 9.47 Å². The Morgan fingerprint density at radius 1 is 0.810 bits per heavy atom. The van der Waals surface area contributed by atoms with Crippen molar-refractivity contribution in [1.29, 1.82) is 0 Å². The van der Waals surface area contributed by atoms with Gasteiger partial charge in [0.25, 0.3) is 0 Å². The van der Waals surface area contributed by atoms with Crippen LogP contribution in [0.25, 0.3) is 32.7 Å². The van der Waals surface area contributed by atoms with Crippen molar-refractivity contribution in [1.82, 2.24) is 0 Å². The van der Waals surface area contributed by atoms with E-state index in [4.69, 9.17) is 9.47 Å².